The van der Waals surface area contributed by atoms with Crippen LogP contribution in [0.1, 0.15) is 36.9 Å². The van der Waals surface area contributed by atoms with Crippen LogP contribution in [0.15, 0.2) is 53.7 Å². The average molecular weight is 357 g/mol. The number of guanidine groups is 1. The van der Waals surface area contributed by atoms with Gasteiger partial charge in [-0.2, -0.15) is 0 Å². The zero-order chi connectivity index (χ0) is 17.5. The normalized spacial score (nSPS) is 16.6. The van der Waals surface area contributed by atoms with E-state index in [9.17, 15) is 0 Å². The monoisotopic (exact) mass is 356 g/mol. The van der Waals surface area contributed by atoms with Crippen LogP contribution >= 0.6 is 11.6 Å². The summed E-state index contributed by atoms with van der Waals surface area (Å²) >= 11 is 6.23. The third kappa shape index (κ3) is 4.51. The highest BCUT2D eigenvalue weighted by Gasteiger charge is 2.35. The molecule has 0 atom stereocenters. The van der Waals surface area contributed by atoms with Gasteiger partial charge >= 0.3 is 0 Å². The molecule has 2 N–H and O–H groups in total. The molecule has 0 spiro atoms. The van der Waals surface area contributed by atoms with E-state index in [0.717, 1.165) is 23.2 Å². The van der Waals surface area contributed by atoms with Gasteiger partial charge < -0.3 is 10.6 Å². The minimum absolute atomic E-state index is 0.132. The topological polar surface area (TPSA) is 49.3 Å². The molecule has 0 bridgehead atoms. The molecule has 1 fully saturated rings. The first-order chi connectivity index (χ1) is 12.2. The number of pyridine rings is 1. The number of aliphatic imine (C=N–C) groups is 1. The third-order valence-corrected chi connectivity index (χ3v) is 5.21. The number of nitrogens with one attached hydrogen (secondary N) is 2. The molecule has 3 rings (SSSR count). The van der Waals surface area contributed by atoms with Crippen molar-refractivity contribution in [1.82, 2.24) is 15.6 Å². The lowest BCUT2D eigenvalue weighted by Crippen LogP contribution is -2.44. The summed E-state index contributed by atoms with van der Waals surface area (Å²) in [5, 5.41) is 7.66. The van der Waals surface area contributed by atoms with E-state index in [2.05, 4.69) is 32.7 Å². The van der Waals surface area contributed by atoms with E-state index < -0.39 is 0 Å². The first kappa shape index (κ1) is 17.7. The van der Waals surface area contributed by atoms with E-state index in [4.69, 9.17) is 11.6 Å². The fourth-order valence-corrected chi connectivity index (χ4v) is 3.78. The highest BCUT2D eigenvalue weighted by atomic mass is 35.5. The summed E-state index contributed by atoms with van der Waals surface area (Å²) in [5.74, 6) is 0.805. The molecule has 0 aliphatic heterocycles. The molecule has 1 aliphatic carbocycles. The summed E-state index contributed by atoms with van der Waals surface area (Å²) in [5.41, 5.74) is 2.45. The van der Waals surface area contributed by atoms with Crippen LogP contribution in [0.3, 0.4) is 0 Å². The maximum Gasteiger partial charge on any atom is 0.191 e. The zero-order valence-corrected chi connectivity index (χ0v) is 15.4. The molecule has 0 amide bonds. The zero-order valence-electron chi connectivity index (χ0n) is 14.6. The summed E-state index contributed by atoms with van der Waals surface area (Å²) < 4.78 is 0. The van der Waals surface area contributed by atoms with Crippen molar-refractivity contribution in [3.05, 3.63) is 64.9 Å². The molecule has 0 radical (unpaired) electrons. The van der Waals surface area contributed by atoms with Crippen LogP contribution in [0, 0.1) is 0 Å². The molecule has 0 unspecified atom stereocenters. The van der Waals surface area contributed by atoms with Gasteiger partial charge in [-0.1, -0.05) is 42.6 Å². The van der Waals surface area contributed by atoms with Gasteiger partial charge in [0.15, 0.2) is 5.96 Å². The average Bonchev–Trinajstić information content (AvgIpc) is 3.13. The predicted octanol–water partition coefficient (Wildman–Crippen LogP) is 3.91. The Balaban J connectivity index is 1.64. The van der Waals surface area contributed by atoms with Gasteiger partial charge in [0, 0.05) is 30.2 Å². The number of nitrogens with zero attached hydrogens (tertiary/aromatic N) is 2. The van der Waals surface area contributed by atoms with Crippen molar-refractivity contribution in [2.75, 3.05) is 13.6 Å². The molecule has 1 aromatic heterocycles. The van der Waals surface area contributed by atoms with Crippen molar-refractivity contribution in [3.8, 4) is 0 Å². The van der Waals surface area contributed by atoms with Crippen molar-refractivity contribution >= 4 is 17.6 Å². The van der Waals surface area contributed by atoms with E-state index in [-0.39, 0.29) is 5.41 Å². The Kier molecular flexibility index (Phi) is 5.92. The Bertz CT molecular complexity index is 709. The minimum Gasteiger partial charge on any atom is -0.356 e. The van der Waals surface area contributed by atoms with Crippen LogP contribution in [0.4, 0.5) is 0 Å². The van der Waals surface area contributed by atoms with E-state index >= 15 is 0 Å². The number of halogens is 1. The number of hydrogen-bond donors (Lipinski definition) is 2. The lowest BCUT2D eigenvalue weighted by molar-refractivity contribution is 0.431. The second-order valence-corrected chi connectivity index (χ2v) is 7.03. The fourth-order valence-electron chi connectivity index (χ4n) is 3.59. The van der Waals surface area contributed by atoms with E-state index in [1.807, 2.05) is 30.3 Å². The van der Waals surface area contributed by atoms with Gasteiger partial charge in [0.2, 0.25) is 0 Å². The van der Waals surface area contributed by atoms with Crippen molar-refractivity contribution in [1.29, 1.82) is 0 Å². The number of aromatic nitrogens is 1. The third-order valence-electron chi connectivity index (χ3n) is 4.98. The maximum atomic E-state index is 6.23. The van der Waals surface area contributed by atoms with Gasteiger partial charge in [-0.3, -0.25) is 9.98 Å². The van der Waals surface area contributed by atoms with Crippen molar-refractivity contribution in [2.24, 2.45) is 4.99 Å². The van der Waals surface area contributed by atoms with Gasteiger partial charge in [-0.25, -0.2) is 0 Å². The summed E-state index contributed by atoms with van der Waals surface area (Å²) in [4.78, 5) is 8.68. The molecule has 1 heterocycles. The van der Waals surface area contributed by atoms with Crippen LogP contribution in [0.25, 0.3) is 0 Å². The second-order valence-electron chi connectivity index (χ2n) is 6.60. The highest BCUT2D eigenvalue weighted by molar-refractivity contribution is 6.30. The Labute approximate surface area is 154 Å². The first-order valence-electron chi connectivity index (χ1n) is 8.82. The Hall–Kier alpha value is -2.07. The van der Waals surface area contributed by atoms with E-state index in [1.54, 1.807) is 13.2 Å². The second kappa shape index (κ2) is 8.34. The lowest BCUT2D eigenvalue weighted by atomic mass is 9.79. The predicted molar refractivity (Wildman–Crippen MR) is 104 cm³/mol. The summed E-state index contributed by atoms with van der Waals surface area (Å²) in [6.07, 6.45) is 6.68. The number of benzene rings is 1. The lowest BCUT2D eigenvalue weighted by Gasteiger charge is -2.31. The van der Waals surface area contributed by atoms with Crippen molar-refractivity contribution < 1.29 is 0 Å². The molecule has 2 aromatic rings. The molecule has 1 aliphatic rings. The molecular formula is C20H25ClN4. The van der Waals surface area contributed by atoms with Crippen molar-refractivity contribution in [3.63, 3.8) is 0 Å². The summed E-state index contributed by atoms with van der Waals surface area (Å²) in [7, 11) is 1.80. The largest absolute Gasteiger partial charge is 0.356 e. The smallest absolute Gasteiger partial charge is 0.191 e. The van der Waals surface area contributed by atoms with Gasteiger partial charge in [0.1, 0.15) is 0 Å². The molecule has 4 nitrogen and oxygen atoms in total. The van der Waals surface area contributed by atoms with Gasteiger partial charge in [0.25, 0.3) is 0 Å². The quantitative estimate of drug-likeness (QED) is 0.630. The molecule has 25 heavy (non-hydrogen) atoms. The van der Waals surface area contributed by atoms with Gasteiger partial charge in [0.05, 0.1) is 12.2 Å². The Morgan fingerprint density at radius 3 is 2.68 bits per heavy atom. The van der Waals surface area contributed by atoms with Crippen LogP contribution in [-0.2, 0) is 12.0 Å². The van der Waals surface area contributed by atoms with Crippen molar-refractivity contribution in [2.45, 2.75) is 37.6 Å². The molecule has 132 valence electrons. The highest BCUT2D eigenvalue weighted by Crippen LogP contribution is 2.41. The van der Waals surface area contributed by atoms with Crippen LogP contribution in [0.2, 0.25) is 5.02 Å². The molecule has 1 saturated carbocycles. The van der Waals surface area contributed by atoms with Crippen LogP contribution in [-0.4, -0.2) is 24.5 Å². The van der Waals surface area contributed by atoms with E-state index in [0.29, 0.717) is 6.54 Å². The SMILES string of the molecule is CN=C(NCc1ccccn1)NCC1(c2cccc(Cl)c2)CCCC1. The Morgan fingerprint density at radius 2 is 2.00 bits per heavy atom. The van der Waals surface area contributed by atoms with Crippen LogP contribution < -0.4 is 10.6 Å². The number of rotatable bonds is 5. The molecule has 1 aromatic carbocycles. The maximum absolute atomic E-state index is 6.23. The number of hydrogen-bond acceptors (Lipinski definition) is 2. The Morgan fingerprint density at radius 1 is 1.16 bits per heavy atom. The summed E-state index contributed by atoms with van der Waals surface area (Å²) in [6.45, 7) is 1.51. The minimum atomic E-state index is 0.132. The molecule has 5 heteroatoms. The summed E-state index contributed by atoms with van der Waals surface area (Å²) in [6, 6.07) is 14.2. The van der Waals surface area contributed by atoms with Crippen LogP contribution in [0.5, 0.6) is 0 Å². The van der Waals surface area contributed by atoms with Gasteiger partial charge in [-0.15, -0.1) is 0 Å². The first-order valence-corrected chi connectivity index (χ1v) is 9.20. The molecular weight excluding hydrogens is 332 g/mol. The van der Waals surface area contributed by atoms with E-state index in [1.165, 1.54) is 31.2 Å². The molecule has 0 saturated heterocycles. The fraction of sp³-hybridized carbons (Fsp3) is 0.400. The standard InChI is InChI=1S/C20H25ClN4/c1-22-19(24-14-18-9-2-5-12-23-18)25-15-20(10-3-4-11-20)16-7-6-8-17(21)13-16/h2,5-9,12-13H,3-4,10-11,14-15H2,1H3,(H2,22,24,25). The van der Waals surface area contributed by atoms with Gasteiger partial charge in [-0.05, 0) is 42.7 Å².